The maximum atomic E-state index is 12.3. The number of carbonyl (C=O) groups excluding carboxylic acids is 2. The highest BCUT2D eigenvalue weighted by Gasteiger charge is 2.59. The van der Waals surface area contributed by atoms with Crippen molar-refractivity contribution in [3.63, 3.8) is 0 Å². The Morgan fingerprint density at radius 3 is 2.53 bits per heavy atom. The molecule has 0 aliphatic heterocycles. The quantitative estimate of drug-likeness (QED) is 0.130. The Balaban J connectivity index is 1.37. The Morgan fingerprint density at radius 2 is 1.82 bits per heavy atom. The summed E-state index contributed by atoms with van der Waals surface area (Å²) in [5, 5.41) is 0. The molecule has 0 bridgehead atoms. The lowest BCUT2D eigenvalue weighted by Gasteiger charge is -2.58. The van der Waals surface area contributed by atoms with Crippen molar-refractivity contribution in [1.82, 2.24) is 0 Å². The number of allylic oxidation sites excluding steroid dienone is 1. The zero-order chi connectivity index (χ0) is 27.7. The topological polar surface area (TPSA) is 61.8 Å². The van der Waals surface area contributed by atoms with Gasteiger partial charge in [0, 0.05) is 12.5 Å². The lowest BCUT2D eigenvalue weighted by Crippen LogP contribution is -2.51. The zero-order valence-electron chi connectivity index (χ0n) is 24.4. The van der Waals surface area contributed by atoms with Gasteiger partial charge in [0.1, 0.15) is 6.10 Å². The van der Waals surface area contributed by atoms with Gasteiger partial charge in [0.2, 0.25) is 0 Å². The Labute approximate surface area is 230 Å². The average molecular weight is 527 g/mol. The van der Waals surface area contributed by atoms with Gasteiger partial charge in [0.05, 0.1) is 0 Å². The largest absolute Gasteiger partial charge is 0.516 e. The van der Waals surface area contributed by atoms with Gasteiger partial charge >= 0.3 is 12.1 Å². The molecule has 0 aromatic carbocycles. The van der Waals surface area contributed by atoms with Gasteiger partial charge in [-0.25, -0.2) is 9.59 Å². The van der Waals surface area contributed by atoms with Gasteiger partial charge in [-0.05, 0) is 97.9 Å². The van der Waals surface area contributed by atoms with Crippen molar-refractivity contribution in [3.8, 4) is 0 Å². The first-order chi connectivity index (χ1) is 18.0. The fourth-order valence-electron chi connectivity index (χ4n) is 9.18. The second-order valence-electron chi connectivity index (χ2n) is 13.6. The van der Waals surface area contributed by atoms with E-state index in [9.17, 15) is 9.59 Å². The van der Waals surface area contributed by atoms with Crippen LogP contribution in [0.15, 0.2) is 36.8 Å². The minimum Gasteiger partial charge on any atom is -0.430 e. The van der Waals surface area contributed by atoms with Crippen LogP contribution in [0, 0.1) is 46.3 Å². The van der Waals surface area contributed by atoms with Gasteiger partial charge in [-0.3, -0.25) is 0 Å². The van der Waals surface area contributed by atoms with Gasteiger partial charge < -0.3 is 14.2 Å². The highest BCUT2D eigenvalue weighted by molar-refractivity contribution is 5.82. The maximum absolute atomic E-state index is 12.3. The van der Waals surface area contributed by atoms with Crippen LogP contribution >= 0.6 is 0 Å². The van der Waals surface area contributed by atoms with Crippen molar-refractivity contribution in [1.29, 1.82) is 0 Å². The molecule has 0 aromatic rings. The van der Waals surface area contributed by atoms with Crippen LogP contribution in [0.5, 0.6) is 0 Å². The Bertz CT molecular complexity index is 949. The molecular weight excluding hydrogens is 476 g/mol. The average Bonchev–Trinajstić information content (AvgIpc) is 3.21. The summed E-state index contributed by atoms with van der Waals surface area (Å²) in [5.41, 5.74) is 2.14. The van der Waals surface area contributed by atoms with Crippen molar-refractivity contribution in [2.24, 2.45) is 46.3 Å². The number of fused-ring (bicyclic) bond motifs is 5. The van der Waals surface area contributed by atoms with Gasteiger partial charge in [0.15, 0.2) is 0 Å². The van der Waals surface area contributed by atoms with Crippen LogP contribution in [0.4, 0.5) is 4.79 Å². The highest BCUT2D eigenvalue weighted by Crippen LogP contribution is 2.67. The monoisotopic (exact) mass is 526 g/mol. The molecule has 0 radical (unpaired) electrons. The summed E-state index contributed by atoms with van der Waals surface area (Å²) in [4.78, 5) is 23.5. The van der Waals surface area contributed by atoms with Crippen molar-refractivity contribution in [2.75, 3.05) is 0 Å². The molecule has 4 aliphatic carbocycles. The Morgan fingerprint density at radius 1 is 1.05 bits per heavy atom. The Kier molecular flexibility index (Phi) is 8.84. The molecule has 0 saturated heterocycles. The van der Waals surface area contributed by atoms with Crippen molar-refractivity contribution in [2.45, 2.75) is 111 Å². The summed E-state index contributed by atoms with van der Waals surface area (Å²) < 4.78 is 15.3. The van der Waals surface area contributed by atoms with Gasteiger partial charge in [-0.15, -0.1) is 0 Å². The molecular formula is C33H50O5. The van der Waals surface area contributed by atoms with Crippen LogP contribution < -0.4 is 0 Å². The predicted molar refractivity (Wildman–Crippen MR) is 150 cm³/mol. The van der Waals surface area contributed by atoms with E-state index in [0.29, 0.717) is 5.41 Å². The van der Waals surface area contributed by atoms with E-state index in [0.717, 1.165) is 67.3 Å². The number of esters is 1. The molecule has 0 N–H and O–H groups in total. The first-order valence-electron chi connectivity index (χ1n) is 15.1. The summed E-state index contributed by atoms with van der Waals surface area (Å²) >= 11 is 0. The lowest BCUT2D eigenvalue weighted by molar-refractivity contribution is -0.138. The predicted octanol–water partition coefficient (Wildman–Crippen LogP) is 8.75. The van der Waals surface area contributed by atoms with E-state index < -0.39 is 18.1 Å². The molecule has 212 valence electrons. The van der Waals surface area contributed by atoms with Crippen LogP contribution in [-0.4, -0.2) is 18.2 Å². The third kappa shape index (κ3) is 5.77. The van der Waals surface area contributed by atoms with Crippen molar-refractivity contribution in [3.05, 3.63) is 36.8 Å². The van der Waals surface area contributed by atoms with E-state index in [1.54, 1.807) is 0 Å². The van der Waals surface area contributed by atoms with Crippen molar-refractivity contribution >= 4 is 12.1 Å². The normalized spacial score (nSPS) is 36.7. The number of ether oxygens (including phenoxy) is 3. The molecule has 5 nitrogen and oxygen atoms in total. The number of hydrogen-bond acceptors (Lipinski definition) is 5. The molecule has 5 unspecified atom stereocenters. The van der Waals surface area contributed by atoms with E-state index in [-0.39, 0.29) is 11.5 Å². The molecule has 0 amide bonds. The fourth-order valence-corrected chi connectivity index (χ4v) is 9.18. The van der Waals surface area contributed by atoms with E-state index in [1.165, 1.54) is 50.5 Å². The smallest absolute Gasteiger partial charge is 0.430 e. The molecule has 3 fully saturated rings. The van der Waals surface area contributed by atoms with Crippen LogP contribution in [-0.2, 0) is 19.0 Å². The molecule has 5 heteroatoms. The standard InChI is InChI=1S/C33H50O5/c1-8-30(34)36-23(5)37-31(35)38-25-16-18-32(6)24(20-25)12-13-26-28-15-14-27(22(4)11-9-10-21(2)3)33(28,7)19-17-29(26)32/h8,12,21-22,25-29H,1,5,9-11,13-20H2,2-4,6-7H3/t22?,25-,26?,27?,28?,29?,32-,33+/m0/s1. The first-order valence-corrected chi connectivity index (χ1v) is 15.1. The van der Waals surface area contributed by atoms with Crippen LogP contribution in [0.3, 0.4) is 0 Å². The number of hydrogen-bond donors (Lipinski definition) is 0. The molecule has 0 heterocycles. The maximum Gasteiger partial charge on any atom is 0.516 e. The van der Waals surface area contributed by atoms with Gasteiger partial charge in [-0.1, -0.05) is 72.1 Å². The van der Waals surface area contributed by atoms with Gasteiger partial charge in [0.25, 0.3) is 5.95 Å². The van der Waals surface area contributed by atoms with E-state index >= 15 is 0 Å². The molecule has 4 rings (SSSR count). The van der Waals surface area contributed by atoms with Gasteiger partial charge in [-0.2, -0.15) is 0 Å². The summed E-state index contributed by atoms with van der Waals surface area (Å²) in [6.07, 6.45) is 15.8. The second kappa shape index (κ2) is 11.6. The summed E-state index contributed by atoms with van der Waals surface area (Å²) in [6.45, 7) is 19.1. The first kappa shape index (κ1) is 29.0. The van der Waals surface area contributed by atoms with E-state index in [4.69, 9.17) is 14.2 Å². The van der Waals surface area contributed by atoms with E-state index in [2.05, 4.69) is 53.9 Å². The minimum atomic E-state index is -0.873. The van der Waals surface area contributed by atoms with Crippen LogP contribution in [0.2, 0.25) is 0 Å². The second-order valence-corrected chi connectivity index (χ2v) is 13.6. The number of carbonyl (C=O) groups is 2. The number of rotatable bonds is 9. The van der Waals surface area contributed by atoms with Crippen LogP contribution in [0.25, 0.3) is 0 Å². The lowest BCUT2D eigenvalue weighted by atomic mass is 9.47. The fraction of sp³-hybridized carbons (Fsp3) is 0.758. The third-order valence-corrected chi connectivity index (χ3v) is 11.1. The zero-order valence-corrected chi connectivity index (χ0v) is 24.4. The Hall–Kier alpha value is -2.04. The SMILES string of the molecule is C=CC(=O)OC(=C)OC(=O)O[C@H]1CC[C@@]2(C)C(=CCC3C4CCC(C(C)CCCC(C)C)[C@@]4(C)CCC32)C1. The van der Waals surface area contributed by atoms with Crippen LogP contribution in [0.1, 0.15) is 105 Å². The summed E-state index contributed by atoms with van der Waals surface area (Å²) in [5.74, 6) is 3.72. The molecule has 0 spiro atoms. The minimum absolute atomic E-state index is 0.193. The molecule has 3 saturated carbocycles. The van der Waals surface area contributed by atoms with Crippen molar-refractivity contribution < 1.29 is 23.8 Å². The molecule has 38 heavy (non-hydrogen) atoms. The summed E-state index contributed by atoms with van der Waals surface area (Å²) in [7, 11) is 0. The van der Waals surface area contributed by atoms with E-state index in [1.807, 2.05) is 0 Å². The third-order valence-electron chi connectivity index (χ3n) is 11.1. The highest BCUT2D eigenvalue weighted by atomic mass is 16.8. The molecule has 8 atom stereocenters. The summed E-state index contributed by atoms with van der Waals surface area (Å²) in [6, 6.07) is 0. The molecule has 4 aliphatic rings. The molecule has 0 aromatic heterocycles.